The van der Waals surface area contributed by atoms with E-state index in [4.69, 9.17) is 10.5 Å². The summed E-state index contributed by atoms with van der Waals surface area (Å²) in [5, 5.41) is 9.53. The first-order valence-corrected chi connectivity index (χ1v) is 7.01. The first-order chi connectivity index (χ1) is 8.72. The summed E-state index contributed by atoms with van der Waals surface area (Å²) in [6, 6.07) is 0. The minimum Gasteiger partial charge on any atom is -0.444 e. The van der Waals surface area contributed by atoms with Gasteiger partial charge in [0.25, 0.3) is 0 Å². The highest BCUT2D eigenvalue weighted by Crippen LogP contribution is 2.33. The number of aliphatic hydroxyl groups excluding tert-OH is 1. The van der Waals surface area contributed by atoms with Gasteiger partial charge in [-0.05, 0) is 39.5 Å². The topological polar surface area (TPSA) is 75.8 Å². The van der Waals surface area contributed by atoms with E-state index in [0.29, 0.717) is 13.1 Å². The maximum absolute atomic E-state index is 12.1. The van der Waals surface area contributed by atoms with Crippen LogP contribution in [0.4, 0.5) is 4.79 Å². The number of likely N-dealkylation sites (tertiary alicyclic amines) is 1. The third kappa shape index (κ3) is 4.35. The van der Waals surface area contributed by atoms with Crippen molar-refractivity contribution in [3.63, 3.8) is 0 Å². The number of ether oxygens (including phenoxy) is 1. The summed E-state index contributed by atoms with van der Waals surface area (Å²) in [7, 11) is 0. The predicted molar refractivity (Wildman–Crippen MR) is 74.8 cm³/mol. The number of nitrogens with two attached hydrogens (primary N) is 1. The van der Waals surface area contributed by atoms with Gasteiger partial charge < -0.3 is 20.5 Å². The molecule has 0 aliphatic carbocycles. The molecule has 0 aromatic carbocycles. The Morgan fingerprint density at radius 3 is 2.53 bits per heavy atom. The van der Waals surface area contributed by atoms with Crippen LogP contribution in [0.25, 0.3) is 0 Å². The summed E-state index contributed by atoms with van der Waals surface area (Å²) in [5.41, 5.74) is 4.98. The van der Waals surface area contributed by atoms with Crippen molar-refractivity contribution in [2.45, 2.75) is 46.1 Å². The molecular formula is C14H28N2O3. The van der Waals surface area contributed by atoms with Gasteiger partial charge in [-0.25, -0.2) is 4.79 Å². The number of rotatable bonds is 3. The molecule has 1 amide bonds. The van der Waals surface area contributed by atoms with Crippen molar-refractivity contribution in [1.82, 2.24) is 4.90 Å². The van der Waals surface area contributed by atoms with E-state index in [9.17, 15) is 9.90 Å². The van der Waals surface area contributed by atoms with Gasteiger partial charge in [-0.3, -0.25) is 0 Å². The summed E-state index contributed by atoms with van der Waals surface area (Å²) < 4.78 is 5.40. The third-order valence-electron chi connectivity index (χ3n) is 3.89. The molecule has 1 saturated heterocycles. The van der Waals surface area contributed by atoms with Gasteiger partial charge in [-0.1, -0.05) is 6.92 Å². The molecule has 2 unspecified atom stereocenters. The van der Waals surface area contributed by atoms with Crippen LogP contribution < -0.4 is 5.73 Å². The summed E-state index contributed by atoms with van der Waals surface area (Å²) in [4.78, 5) is 13.8. The zero-order chi connectivity index (χ0) is 14.7. The Balaban J connectivity index is 2.67. The van der Waals surface area contributed by atoms with Gasteiger partial charge >= 0.3 is 6.09 Å². The Bertz CT molecular complexity index is 308. The van der Waals surface area contributed by atoms with Gasteiger partial charge in [-0.15, -0.1) is 0 Å². The average Bonchev–Trinajstić information content (AvgIpc) is 2.36. The first kappa shape index (κ1) is 16.2. The molecule has 1 aliphatic rings. The van der Waals surface area contributed by atoms with E-state index in [1.54, 1.807) is 4.90 Å². The van der Waals surface area contributed by atoms with E-state index in [1.807, 2.05) is 27.7 Å². The minimum absolute atomic E-state index is 0.0519. The molecule has 19 heavy (non-hydrogen) atoms. The summed E-state index contributed by atoms with van der Waals surface area (Å²) in [5.74, 6) is 0.226. The predicted octanol–water partition coefficient (Wildman–Crippen LogP) is 1.59. The van der Waals surface area contributed by atoms with Crippen LogP contribution in [0.2, 0.25) is 0 Å². The normalized spacial score (nSPS) is 23.9. The SMILES string of the molecule is CC(C)(C)OC(=O)N1CCCC(C(C)(CN)CO)C1. The zero-order valence-electron chi connectivity index (χ0n) is 12.6. The van der Waals surface area contributed by atoms with Crippen LogP contribution in [0.5, 0.6) is 0 Å². The lowest BCUT2D eigenvalue weighted by molar-refractivity contribution is -0.00326. The van der Waals surface area contributed by atoms with Crippen LogP contribution in [0, 0.1) is 11.3 Å². The number of carbonyl (C=O) groups excluding carboxylic acids is 1. The zero-order valence-corrected chi connectivity index (χ0v) is 12.6. The Kier molecular flexibility index (Phi) is 5.21. The highest BCUT2D eigenvalue weighted by atomic mass is 16.6. The van der Waals surface area contributed by atoms with Gasteiger partial charge in [0, 0.05) is 31.7 Å². The van der Waals surface area contributed by atoms with Crippen LogP contribution in [0.1, 0.15) is 40.5 Å². The molecule has 0 radical (unpaired) electrons. The van der Waals surface area contributed by atoms with Gasteiger partial charge in [0.05, 0.1) is 0 Å². The van der Waals surface area contributed by atoms with Crippen molar-refractivity contribution in [3.05, 3.63) is 0 Å². The number of nitrogens with zero attached hydrogens (tertiary/aromatic N) is 1. The summed E-state index contributed by atoms with van der Waals surface area (Å²) in [6.45, 7) is 9.39. The molecule has 0 bridgehead atoms. The number of carbonyl (C=O) groups is 1. The van der Waals surface area contributed by atoms with Gasteiger partial charge in [-0.2, -0.15) is 0 Å². The van der Waals surface area contributed by atoms with E-state index in [2.05, 4.69) is 0 Å². The number of hydrogen-bond acceptors (Lipinski definition) is 4. The monoisotopic (exact) mass is 272 g/mol. The largest absolute Gasteiger partial charge is 0.444 e. The highest BCUT2D eigenvalue weighted by Gasteiger charge is 2.37. The Morgan fingerprint density at radius 2 is 2.05 bits per heavy atom. The molecule has 2 atom stereocenters. The van der Waals surface area contributed by atoms with Gasteiger partial charge in [0.2, 0.25) is 0 Å². The Labute approximate surface area is 116 Å². The van der Waals surface area contributed by atoms with Crippen molar-refractivity contribution >= 4 is 6.09 Å². The lowest BCUT2D eigenvalue weighted by atomic mass is 9.73. The fraction of sp³-hybridized carbons (Fsp3) is 0.929. The second-order valence-corrected chi connectivity index (χ2v) is 6.78. The van der Waals surface area contributed by atoms with Crippen LogP contribution in [-0.4, -0.2) is 47.9 Å². The fourth-order valence-corrected chi connectivity index (χ4v) is 2.40. The van der Waals surface area contributed by atoms with Crippen molar-refractivity contribution in [2.75, 3.05) is 26.2 Å². The molecule has 1 heterocycles. The van der Waals surface area contributed by atoms with Crippen LogP contribution in [0.3, 0.4) is 0 Å². The molecule has 0 spiro atoms. The molecule has 112 valence electrons. The van der Waals surface area contributed by atoms with Crippen molar-refractivity contribution in [2.24, 2.45) is 17.1 Å². The molecule has 5 nitrogen and oxygen atoms in total. The van der Waals surface area contributed by atoms with E-state index in [-0.39, 0.29) is 24.0 Å². The maximum atomic E-state index is 12.1. The highest BCUT2D eigenvalue weighted by molar-refractivity contribution is 5.68. The van der Waals surface area contributed by atoms with Crippen LogP contribution in [-0.2, 0) is 4.74 Å². The molecule has 0 aromatic rings. The summed E-state index contributed by atoms with van der Waals surface area (Å²) >= 11 is 0. The minimum atomic E-state index is -0.474. The average molecular weight is 272 g/mol. The molecular weight excluding hydrogens is 244 g/mol. The number of hydrogen-bond donors (Lipinski definition) is 2. The van der Waals surface area contributed by atoms with Crippen LogP contribution in [0.15, 0.2) is 0 Å². The van der Waals surface area contributed by atoms with Gasteiger partial charge in [0.15, 0.2) is 0 Å². The number of piperidine rings is 1. The Morgan fingerprint density at radius 1 is 1.42 bits per heavy atom. The van der Waals surface area contributed by atoms with E-state index in [1.165, 1.54) is 0 Å². The first-order valence-electron chi connectivity index (χ1n) is 7.01. The molecule has 1 fully saturated rings. The van der Waals surface area contributed by atoms with Gasteiger partial charge in [0.1, 0.15) is 5.60 Å². The standard InChI is InChI=1S/C14H28N2O3/c1-13(2,3)19-12(18)16-7-5-6-11(8-16)14(4,9-15)10-17/h11,17H,5-10,15H2,1-4H3. The van der Waals surface area contributed by atoms with E-state index >= 15 is 0 Å². The third-order valence-corrected chi connectivity index (χ3v) is 3.89. The maximum Gasteiger partial charge on any atom is 0.410 e. The fourth-order valence-electron chi connectivity index (χ4n) is 2.40. The quantitative estimate of drug-likeness (QED) is 0.818. The molecule has 5 heteroatoms. The second kappa shape index (κ2) is 6.09. The van der Waals surface area contributed by atoms with Crippen molar-refractivity contribution in [3.8, 4) is 0 Å². The second-order valence-electron chi connectivity index (χ2n) is 6.78. The molecule has 1 aliphatic heterocycles. The summed E-state index contributed by atoms with van der Waals surface area (Å²) in [6.07, 6.45) is 1.65. The molecule has 3 N–H and O–H groups in total. The lowest BCUT2D eigenvalue weighted by Gasteiger charge is -2.42. The number of amides is 1. The van der Waals surface area contributed by atoms with Crippen molar-refractivity contribution < 1.29 is 14.6 Å². The lowest BCUT2D eigenvalue weighted by Crippen LogP contribution is -2.50. The smallest absolute Gasteiger partial charge is 0.410 e. The van der Waals surface area contributed by atoms with Crippen LogP contribution >= 0.6 is 0 Å². The molecule has 0 saturated carbocycles. The molecule has 1 rings (SSSR count). The van der Waals surface area contributed by atoms with Crippen molar-refractivity contribution in [1.29, 1.82) is 0 Å². The molecule has 0 aromatic heterocycles. The number of aliphatic hydroxyl groups is 1. The van der Waals surface area contributed by atoms with E-state index < -0.39 is 5.60 Å². The Hall–Kier alpha value is -0.810. The van der Waals surface area contributed by atoms with E-state index in [0.717, 1.165) is 19.4 Å².